The van der Waals surface area contributed by atoms with E-state index in [1.165, 1.54) is 0 Å². The van der Waals surface area contributed by atoms with Crippen LogP contribution < -0.4 is 0 Å². The predicted molar refractivity (Wildman–Crippen MR) is 44.9 cm³/mol. The maximum Gasteiger partial charge on any atom is 0.402 e. The average Bonchev–Trinajstić information content (AvgIpc) is 2.04. The first-order valence-electron chi connectivity index (χ1n) is 4.47. The molecule has 0 amide bonds. The minimum absolute atomic E-state index is 0.446. The molecular formula is C10H7F5O. The molecular weight excluding hydrogens is 231 g/mol. The van der Waals surface area contributed by atoms with Crippen molar-refractivity contribution in [2.24, 2.45) is 0 Å². The van der Waals surface area contributed by atoms with Gasteiger partial charge in [-0.25, -0.2) is 8.78 Å². The van der Waals surface area contributed by atoms with Gasteiger partial charge in [0.2, 0.25) is 0 Å². The van der Waals surface area contributed by atoms with E-state index in [4.69, 9.17) is 0 Å². The van der Waals surface area contributed by atoms with Gasteiger partial charge in [0, 0.05) is 11.6 Å². The first-order chi connectivity index (χ1) is 7.37. The Bertz CT molecular complexity index is 408. The van der Waals surface area contributed by atoms with E-state index in [9.17, 15) is 22.0 Å². The smallest absolute Gasteiger partial charge is 0.379 e. The van der Waals surface area contributed by atoms with Gasteiger partial charge in [-0.1, -0.05) is 6.07 Å². The lowest BCUT2D eigenvalue weighted by Crippen LogP contribution is -2.57. The highest BCUT2D eigenvalue weighted by atomic mass is 19.4. The number of rotatable bonds is 1. The fourth-order valence-electron chi connectivity index (χ4n) is 1.66. The summed E-state index contributed by atoms with van der Waals surface area (Å²) in [6, 6.07) is 2.08. The van der Waals surface area contributed by atoms with Gasteiger partial charge in [-0.2, -0.15) is 13.2 Å². The molecule has 0 unspecified atom stereocenters. The normalized spacial score (nSPS) is 19.3. The molecule has 1 aliphatic heterocycles. The van der Waals surface area contributed by atoms with E-state index in [1.807, 2.05) is 0 Å². The monoisotopic (exact) mass is 238 g/mol. The van der Waals surface area contributed by atoms with Crippen LogP contribution in [0.2, 0.25) is 0 Å². The van der Waals surface area contributed by atoms with Crippen molar-refractivity contribution in [3.05, 3.63) is 35.4 Å². The summed E-state index contributed by atoms with van der Waals surface area (Å²) in [6.07, 6.45) is -4.61. The molecule has 1 fully saturated rings. The second-order valence-corrected chi connectivity index (χ2v) is 3.70. The molecule has 1 aliphatic rings. The molecule has 88 valence electrons. The van der Waals surface area contributed by atoms with Crippen molar-refractivity contribution in [2.75, 3.05) is 13.2 Å². The van der Waals surface area contributed by atoms with Crippen LogP contribution in [-0.4, -0.2) is 19.4 Å². The van der Waals surface area contributed by atoms with Crippen molar-refractivity contribution in [3.63, 3.8) is 0 Å². The quantitative estimate of drug-likeness (QED) is 0.683. The standard InChI is InChI=1S/C10H7F5O/c11-6-1-2-7(8(12)3-6)9(4-16-5-9)10(13,14)15/h1-3H,4-5H2. The van der Waals surface area contributed by atoms with E-state index in [2.05, 4.69) is 4.74 Å². The third-order valence-corrected chi connectivity index (χ3v) is 2.69. The van der Waals surface area contributed by atoms with E-state index in [0.717, 1.165) is 12.1 Å². The van der Waals surface area contributed by atoms with Crippen molar-refractivity contribution in [3.8, 4) is 0 Å². The number of benzene rings is 1. The Kier molecular flexibility index (Phi) is 2.41. The molecule has 0 aliphatic carbocycles. The van der Waals surface area contributed by atoms with Crippen LogP contribution in [0.3, 0.4) is 0 Å². The van der Waals surface area contributed by atoms with Gasteiger partial charge < -0.3 is 4.74 Å². The van der Waals surface area contributed by atoms with Gasteiger partial charge in [0.1, 0.15) is 17.0 Å². The minimum Gasteiger partial charge on any atom is -0.379 e. The van der Waals surface area contributed by atoms with Crippen molar-refractivity contribution in [2.45, 2.75) is 11.6 Å². The second kappa shape index (κ2) is 3.41. The summed E-state index contributed by atoms with van der Waals surface area (Å²) in [7, 11) is 0. The Morgan fingerprint density at radius 1 is 1.12 bits per heavy atom. The summed E-state index contributed by atoms with van der Waals surface area (Å²) in [6.45, 7) is -1.25. The van der Waals surface area contributed by atoms with Crippen LogP contribution in [0.4, 0.5) is 22.0 Å². The fraction of sp³-hybridized carbons (Fsp3) is 0.400. The Morgan fingerprint density at radius 2 is 1.75 bits per heavy atom. The largest absolute Gasteiger partial charge is 0.402 e. The number of hydrogen-bond acceptors (Lipinski definition) is 1. The highest BCUT2D eigenvalue weighted by Crippen LogP contribution is 2.47. The number of hydrogen-bond donors (Lipinski definition) is 0. The highest BCUT2D eigenvalue weighted by molar-refractivity contribution is 5.32. The summed E-state index contributed by atoms with van der Waals surface area (Å²) in [5.74, 6) is -2.10. The van der Waals surface area contributed by atoms with Crippen molar-refractivity contribution in [1.82, 2.24) is 0 Å². The van der Waals surface area contributed by atoms with Gasteiger partial charge in [0.05, 0.1) is 13.2 Å². The number of alkyl halides is 3. The fourth-order valence-corrected chi connectivity index (χ4v) is 1.66. The van der Waals surface area contributed by atoms with E-state index in [0.29, 0.717) is 6.07 Å². The molecule has 0 bridgehead atoms. The van der Waals surface area contributed by atoms with E-state index < -0.39 is 42.0 Å². The Balaban J connectivity index is 2.49. The Labute approximate surface area is 87.8 Å². The molecule has 0 aromatic heterocycles. The van der Waals surface area contributed by atoms with Crippen molar-refractivity contribution < 1.29 is 26.7 Å². The van der Waals surface area contributed by atoms with Gasteiger partial charge in [0.15, 0.2) is 0 Å². The lowest BCUT2D eigenvalue weighted by atomic mass is 9.77. The molecule has 1 aromatic carbocycles. The van der Waals surface area contributed by atoms with Crippen molar-refractivity contribution in [1.29, 1.82) is 0 Å². The molecule has 1 nitrogen and oxygen atoms in total. The molecule has 1 saturated heterocycles. The van der Waals surface area contributed by atoms with Crippen LogP contribution in [0.1, 0.15) is 5.56 Å². The predicted octanol–water partition coefficient (Wildman–Crippen LogP) is 2.80. The van der Waals surface area contributed by atoms with Gasteiger partial charge >= 0.3 is 6.18 Å². The van der Waals surface area contributed by atoms with Gasteiger partial charge in [0.25, 0.3) is 0 Å². The second-order valence-electron chi connectivity index (χ2n) is 3.70. The number of halogens is 5. The topological polar surface area (TPSA) is 9.23 Å². The first-order valence-corrected chi connectivity index (χ1v) is 4.47. The van der Waals surface area contributed by atoms with E-state index >= 15 is 0 Å². The molecule has 16 heavy (non-hydrogen) atoms. The van der Waals surface area contributed by atoms with Crippen LogP contribution in [0.5, 0.6) is 0 Å². The summed E-state index contributed by atoms with van der Waals surface area (Å²) in [4.78, 5) is 0. The zero-order valence-electron chi connectivity index (χ0n) is 7.94. The third-order valence-electron chi connectivity index (χ3n) is 2.69. The zero-order chi connectivity index (χ0) is 12.0. The molecule has 0 saturated carbocycles. The maximum absolute atomic E-state index is 13.3. The van der Waals surface area contributed by atoms with Crippen molar-refractivity contribution >= 4 is 0 Å². The van der Waals surface area contributed by atoms with Gasteiger partial charge in [-0.05, 0) is 6.07 Å². The Morgan fingerprint density at radius 3 is 2.12 bits per heavy atom. The average molecular weight is 238 g/mol. The van der Waals surface area contributed by atoms with Crippen LogP contribution >= 0.6 is 0 Å². The first kappa shape index (κ1) is 11.3. The molecule has 1 heterocycles. The van der Waals surface area contributed by atoms with E-state index in [1.54, 1.807) is 0 Å². The van der Waals surface area contributed by atoms with Crippen LogP contribution in [-0.2, 0) is 10.2 Å². The highest BCUT2D eigenvalue weighted by Gasteiger charge is 2.62. The van der Waals surface area contributed by atoms with Crippen LogP contribution in [0.15, 0.2) is 18.2 Å². The summed E-state index contributed by atoms with van der Waals surface area (Å²) < 4.78 is 68.8. The molecule has 0 spiro atoms. The molecule has 1 aromatic rings. The SMILES string of the molecule is Fc1ccc(C2(C(F)(F)F)COC2)c(F)c1. The maximum atomic E-state index is 13.3. The molecule has 0 N–H and O–H groups in total. The van der Waals surface area contributed by atoms with Crippen LogP contribution in [0.25, 0.3) is 0 Å². The zero-order valence-corrected chi connectivity index (χ0v) is 7.94. The molecule has 6 heteroatoms. The molecule has 0 atom stereocenters. The minimum atomic E-state index is -4.61. The third kappa shape index (κ3) is 1.48. The molecule has 2 rings (SSSR count). The molecule has 0 radical (unpaired) electrons. The lowest BCUT2D eigenvalue weighted by Gasteiger charge is -2.43. The summed E-state index contributed by atoms with van der Waals surface area (Å²) in [5, 5.41) is 0. The summed E-state index contributed by atoms with van der Waals surface area (Å²) in [5.41, 5.74) is -2.89. The van der Waals surface area contributed by atoms with Gasteiger partial charge in [-0.3, -0.25) is 0 Å². The lowest BCUT2D eigenvalue weighted by molar-refractivity contribution is -0.263. The van der Waals surface area contributed by atoms with Crippen LogP contribution in [0, 0.1) is 11.6 Å². The number of ether oxygens (including phenoxy) is 1. The van der Waals surface area contributed by atoms with E-state index in [-0.39, 0.29) is 0 Å². The Hall–Kier alpha value is -1.17. The van der Waals surface area contributed by atoms with Gasteiger partial charge in [-0.15, -0.1) is 0 Å². The summed E-state index contributed by atoms with van der Waals surface area (Å²) >= 11 is 0.